The minimum atomic E-state index is -3.97. The molecule has 0 amide bonds. The Labute approximate surface area is 203 Å². The quantitative estimate of drug-likeness (QED) is 0.454. The number of nitrogens with zero attached hydrogens (tertiary/aromatic N) is 7. The summed E-state index contributed by atoms with van der Waals surface area (Å²) >= 11 is 0. The molecule has 0 saturated carbocycles. The van der Waals surface area contributed by atoms with E-state index < -0.39 is 27.3 Å². The summed E-state index contributed by atoms with van der Waals surface area (Å²) in [6.45, 7) is 5.77. The van der Waals surface area contributed by atoms with Gasteiger partial charge in [0, 0.05) is 24.9 Å². The van der Waals surface area contributed by atoms with E-state index in [9.17, 15) is 8.42 Å². The van der Waals surface area contributed by atoms with Gasteiger partial charge in [0.1, 0.15) is 18.3 Å². The maximum atomic E-state index is 13.4. The van der Waals surface area contributed by atoms with Crippen LogP contribution in [0.3, 0.4) is 0 Å². The average Bonchev–Trinajstić information content (AvgIpc) is 3.52. The van der Waals surface area contributed by atoms with E-state index in [0.717, 1.165) is 12.0 Å². The number of ether oxygens (including phenoxy) is 3. The SMILES string of the molecule is COc1ncnc(OC)c1-n1c(NS(=O)(=O)[C@@H](C)[C@H](C)c2ncc(C)cn2)nnc1[C@@H]1CCCO1. The molecule has 0 unspecified atom stereocenters. The summed E-state index contributed by atoms with van der Waals surface area (Å²) in [5, 5.41) is 7.50. The van der Waals surface area contributed by atoms with E-state index in [1.807, 2.05) is 6.92 Å². The van der Waals surface area contributed by atoms with Gasteiger partial charge in [0.15, 0.2) is 11.5 Å². The molecule has 188 valence electrons. The molecule has 0 bridgehead atoms. The molecule has 1 aliphatic heterocycles. The second kappa shape index (κ2) is 10.1. The summed E-state index contributed by atoms with van der Waals surface area (Å²) in [5.74, 6) is 0.567. The molecular weight excluding hydrogens is 476 g/mol. The van der Waals surface area contributed by atoms with Gasteiger partial charge in [-0.1, -0.05) is 6.92 Å². The van der Waals surface area contributed by atoms with Gasteiger partial charge in [0.2, 0.25) is 27.7 Å². The largest absolute Gasteiger partial charge is 0.479 e. The number of hydrogen-bond acceptors (Lipinski definition) is 11. The predicted octanol–water partition coefficient (Wildman–Crippen LogP) is 1.96. The van der Waals surface area contributed by atoms with E-state index >= 15 is 0 Å². The number of aryl methyl sites for hydroxylation is 1. The van der Waals surface area contributed by atoms with Crippen LogP contribution < -0.4 is 14.2 Å². The van der Waals surface area contributed by atoms with E-state index in [-0.39, 0.29) is 23.4 Å². The maximum absolute atomic E-state index is 13.4. The minimum absolute atomic E-state index is 0.0641. The maximum Gasteiger partial charge on any atom is 0.245 e. The van der Waals surface area contributed by atoms with Crippen LogP contribution in [0.2, 0.25) is 0 Å². The first-order chi connectivity index (χ1) is 16.8. The Hall–Kier alpha value is -3.39. The molecule has 4 rings (SSSR count). The predicted molar refractivity (Wildman–Crippen MR) is 125 cm³/mol. The first-order valence-corrected chi connectivity index (χ1v) is 12.6. The zero-order valence-corrected chi connectivity index (χ0v) is 21.0. The molecule has 35 heavy (non-hydrogen) atoms. The number of aromatic nitrogens is 7. The van der Waals surface area contributed by atoms with Crippen molar-refractivity contribution in [2.24, 2.45) is 0 Å². The molecule has 3 atom stereocenters. The highest BCUT2D eigenvalue weighted by atomic mass is 32.2. The van der Waals surface area contributed by atoms with Crippen LogP contribution in [-0.4, -0.2) is 69.2 Å². The summed E-state index contributed by atoms with van der Waals surface area (Å²) in [6, 6.07) is 0. The van der Waals surface area contributed by atoms with Gasteiger partial charge in [-0.25, -0.2) is 18.4 Å². The van der Waals surface area contributed by atoms with Crippen molar-refractivity contribution in [3.63, 3.8) is 0 Å². The van der Waals surface area contributed by atoms with Crippen molar-refractivity contribution in [3.8, 4) is 17.4 Å². The number of hydrogen-bond donors (Lipinski definition) is 1. The number of methoxy groups -OCH3 is 2. The highest BCUT2D eigenvalue weighted by Crippen LogP contribution is 2.37. The van der Waals surface area contributed by atoms with Crippen molar-refractivity contribution in [1.29, 1.82) is 0 Å². The molecule has 1 fully saturated rings. The topological polar surface area (TPSA) is 156 Å². The van der Waals surface area contributed by atoms with E-state index in [2.05, 4.69) is 34.9 Å². The van der Waals surface area contributed by atoms with Crippen LogP contribution in [-0.2, 0) is 14.8 Å². The van der Waals surface area contributed by atoms with Crippen molar-refractivity contribution in [3.05, 3.63) is 35.9 Å². The lowest BCUT2D eigenvalue weighted by Gasteiger charge is -2.21. The smallest absolute Gasteiger partial charge is 0.245 e. The van der Waals surface area contributed by atoms with Gasteiger partial charge in [-0.05, 0) is 32.3 Å². The van der Waals surface area contributed by atoms with Gasteiger partial charge in [-0.15, -0.1) is 10.2 Å². The zero-order chi connectivity index (χ0) is 25.2. The summed E-state index contributed by atoms with van der Waals surface area (Å²) in [6.07, 6.45) is 5.73. The van der Waals surface area contributed by atoms with Crippen LogP contribution in [0, 0.1) is 6.92 Å². The van der Waals surface area contributed by atoms with E-state index in [4.69, 9.17) is 14.2 Å². The second-order valence-electron chi connectivity index (χ2n) is 8.22. The number of sulfonamides is 1. The van der Waals surface area contributed by atoms with Crippen LogP contribution in [0.1, 0.15) is 55.9 Å². The van der Waals surface area contributed by atoms with Crippen molar-refractivity contribution >= 4 is 16.0 Å². The van der Waals surface area contributed by atoms with Crippen molar-refractivity contribution in [1.82, 2.24) is 34.7 Å². The van der Waals surface area contributed by atoms with Crippen LogP contribution in [0.25, 0.3) is 5.69 Å². The fourth-order valence-electron chi connectivity index (χ4n) is 3.75. The molecule has 13 nitrogen and oxygen atoms in total. The van der Waals surface area contributed by atoms with Gasteiger partial charge in [0.25, 0.3) is 0 Å². The molecule has 1 aliphatic rings. The molecule has 0 spiro atoms. The molecular formula is C21H28N8O5S. The van der Waals surface area contributed by atoms with Crippen LogP contribution in [0.4, 0.5) is 5.95 Å². The molecule has 0 radical (unpaired) electrons. The van der Waals surface area contributed by atoms with Crippen molar-refractivity contribution in [2.75, 3.05) is 25.5 Å². The minimum Gasteiger partial charge on any atom is -0.479 e. The first kappa shape index (κ1) is 24.7. The standard InChI is InChI=1S/C21H28N8O5S/c1-12-9-22-17(23-10-12)13(2)14(3)35(30,31)28-21-27-26-18(15-7-6-8-34-15)29(21)16-19(32-4)24-11-25-20(16)33-5/h9-11,13-15H,6-8H2,1-5H3,(H,27,28)/t13-,14-,15-/m0/s1. The summed E-state index contributed by atoms with van der Waals surface area (Å²) < 4.78 is 47.6. The fourth-order valence-corrected chi connectivity index (χ4v) is 4.98. The average molecular weight is 505 g/mol. The normalized spacial score (nSPS) is 17.7. The van der Waals surface area contributed by atoms with Crippen LogP contribution in [0.15, 0.2) is 18.7 Å². The fraction of sp³-hybridized carbons (Fsp3) is 0.524. The highest BCUT2D eigenvalue weighted by molar-refractivity contribution is 7.93. The number of rotatable bonds is 9. The molecule has 3 aromatic heterocycles. The van der Waals surface area contributed by atoms with Crippen molar-refractivity contribution < 1.29 is 22.6 Å². The molecule has 4 heterocycles. The number of anilines is 1. The molecule has 14 heteroatoms. The first-order valence-electron chi connectivity index (χ1n) is 11.1. The molecule has 0 aromatic carbocycles. The Morgan fingerprint density at radius 3 is 2.31 bits per heavy atom. The van der Waals surface area contributed by atoms with Gasteiger partial charge in [-0.3, -0.25) is 9.29 Å². The van der Waals surface area contributed by atoms with Crippen molar-refractivity contribution in [2.45, 2.75) is 50.9 Å². The Balaban J connectivity index is 1.76. The van der Waals surface area contributed by atoms with E-state index in [1.165, 1.54) is 25.1 Å². The lowest BCUT2D eigenvalue weighted by molar-refractivity contribution is 0.103. The van der Waals surface area contributed by atoms with Crippen LogP contribution >= 0.6 is 0 Å². The highest BCUT2D eigenvalue weighted by Gasteiger charge is 2.34. The summed E-state index contributed by atoms with van der Waals surface area (Å²) in [5.41, 5.74) is 1.14. The summed E-state index contributed by atoms with van der Waals surface area (Å²) in [4.78, 5) is 16.9. The van der Waals surface area contributed by atoms with Gasteiger partial charge < -0.3 is 14.2 Å². The molecule has 3 aromatic rings. The van der Waals surface area contributed by atoms with Gasteiger partial charge in [0.05, 0.1) is 19.5 Å². The van der Waals surface area contributed by atoms with Gasteiger partial charge >= 0.3 is 0 Å². The molecule has 1 saturated heterocycles. The summed E-state index contributed by atoms with van der Waals surface area (Å²) in [7, 11) is -1.09. The van der Waals surface area contributed by atoms with E-state index in [1.54, 1.807) is 26.2 Å². The number of nitrogens with one attached hydrogen (secondary N) is 1. The lowest BCUT2D eigenvalue weighted by atomic mass is 10.1. The Morgan fingerprint density at radius 1 is 1.09 bits per heavy atom. The Bertz CT molecular complexity index is 1250. The van der Waals surface area contributed by atoms with E-state index in [0.29, 0.717) is 24.7 Å². The monoisotopic (exact) mass is 504 g/mol. The molecule has 1 N–H and O–H groups in total. The zero-order valence-electron chi connectivity index (χ0n) is 20.2. The Kier molecular flexibility index (Phi) is 7.12. The van der Waals surface area contributed by atoms with Gasteiger partial charge in [-0.2, -0.15) is 9.97 Å². The molecule has 0 aliphatic carbocycles. The Morgan fingerprint density at radius 2 is 1.74 bits per heavy atom. The third kappa shape index (κ3) is 4.89. The third-order valence-corrected chi connectivity index (χ3v) is 7.76. The second-order valence-corrected chi connectivity index (χ2v) is 10.3. The third-order valence-electron chi connectivity index (χ3n) is 5.91. The lowest BCUT2D eigenvalue weighted by Crippen LogP contribution is -2.31. The van der Waals surface area contributed by atoms with Crippen LogP contribution in [0.5, 0.6) is 11.8 Å².